The summed E-state index contributed by atoms with van der Waals surface area (Å²) in [5.74, 6) is 2.68. The van der Waals surface area contributed by atoms with Crippen molar-refractivity contribution in [1.29, 1.82) is 0 Å². The van der Waals surface area contributed by atoms with E-state index in [-0.39, 0.29) is 12.4 Å². The van der Waals surface area contributed by atoms with Crippen LogP contribution in [0.5, 0.6) is 11.5 Å². The maximum atomic E-state index is 6.04. The Labute approximate surface area is 205 Å². The van der Waals surface area contributed by atoms with Gasteiger partial charge in [0.25, 0.3) is 0 Å². The van der Waals surface area contributed by atoms with Crippen molar-refractivity contribution in [3.8, 4) is 11.5 Å². The van der Waals surface area contributed by atoms with E-state index in [1.54, 1.807) is 7.11 Å². The molecule has 0 radical (unpaired) electrons. The molecule has 2 atom stereocenters. The molecule has 3 nitrogen and oxygen atoms in total. The van der Waals surface area contributed by atoms with Gasteiger partial charge in [0.05, 0.1) is 7.11 Å². The van der Waals surface area contributed by atoms with Crippen LogP contribution in [0.15, 0.2) is 72.8 Å². The summed E-state index contributed by atoms with van der Waals surface area (Å²) in [6.07, 6.45) is 2.21. The summed E-state index contributed by atoms with van der Waals surface area (Å²) >= 11 is 0. The van der Waals surface area contributed by atoms with E-state index in [1.807, 2.05) is 0 Å². The van der Waals surface area contributed by atoms with Crippen LogP contribution in [0.3, 0.4) is 0 Å². The molecule has 3 aromatic rings. The highest BCUT2D eigenvalue weighted by Crippen LogP contribution is 2.47. The molecule has 0 amide bonds. The Bertz CT molecular complexity index is 986. The molecule has 0 spiro atoms. The van der Waals surface area contributed by atoms with Crippen molar-refractivity contribution in [1.82, 2.24) is 4.90 Å². The van der Waals surface area contributed by atoms with Crippen LogP contribution in [0.25, 0.3) is 0 Å². The van der Waals surface area contributed by atoms with Crippen LogP contribution in [0.2, 0.25) is 0 Å². The van der Waals surface area contributed by atoms with Crippen molar-refractivity contribution >= 4 is 12.4 Å². The molecule has 0 saturated carbocycles. The molecular formula is C29H36ClNO2. The van der Waals surface area contributed by atoms with Crippen molar-refractivity contribution < 1.29 is 9.47 Å². The molecule has 0 aromatic heterocycles. The first kappa shape index (κ1) is 25.1. The smallest absolute Gasteiger partial charge is 0.119 e. The Hall–Kier alpha value is -2.49. The molecule has 0 aliphatic heterocycles. The lowest BCUT2D eigenvalue weighted by atomic mass is 9.69. The number of aryl methyl sites for hydroxylation is 1. The predicted octanol–water partition coefficient (Wildman–Crippen LogP) is 6.70. The summed E-state index contributed by atoms with van der Waals surface area (Å²) in [6.45, 7) is 8.19. The third kappa shape index (κ3) is 5.90. The van der Waals surface area contributed by atoms with E-state index in [2.05, 4.69) is 91.5 Å². The van der Waals surface area contributed by atoms with Gasteiger partial charge < -0.3 is 14.4 Å². The van der Waals surface area contributed by atoms with E-state index >= 15 is 0 Å². The first-order valence-corrected chi connectivity index (χ1v) is 11.9. The van der Waals surface area contributed by atoms with Crippen LogP contribution in [-0.4, -0.2) is 38.3 Å². The Morgan fingerprint density at radius 1 is 0.848 bits per heavy atom. The second kappa shape index (κ2) is 12.1. The third-order valence-corrected chi connectivity index (χ3v) is 6.85. The molecule has 0 bridgehead atoms. The number of halogens is 1. The second-order valence-electron chi connectivity index (χ2n) is 8.54. The fourth-order valence-corrected chi connectivity index (χ4v) is 5.00. The van der Waals surface area contributed by atoms with Crippen molar-refractivity contribution in [2.45, 2.75) is 38.5 Å². The molecule has 4 rings (SSSR count). The van der Waals surface area contributed by atoms with Crippen molar-refractivity contribution in [3.63, 3.8) is 0 Å². The first-order valence-electron chi connectivity index (χ1n) is 11.9. The molecule has 33 heavy (non-hydrogen) atoms. The lowest BCUT2D eigenvalue weighted by Gasteiger charge is -2.35. The summed E-state index contributed by atoms with van der Waals surface area (Å²) in [7, 11) is 1.74. The number of fused-ring (bicyclic) bond motifs is 1. The predicted molar refractivity (Wildman–Crippen MR) is 139 cm³/mol. The number of methoxy groups -OCH3 is 1. The molecule has 0 heterocycles. The molecule has 4 heteroatoms. The van der Waals surface area contributed by atoms with Crippen molar-refractivity contribution in [3.05, 3.63) is 95.1 Å². The number of hydrogen-bond acceptors (Lipinski definition) is 3. The van der Waals surface area contributed by atoms with Gasteiger partial charge in [-0.05, 0) is 78.4 Å². The topological polar surface area (TPSA) is 21.7 Å². The molecule has 3 aromatic carbocycles. The zero-order valence-corrected chi connectivity index (χ0v) is 20.8. The highest BCUT2D eigenvalue weighted by atomic mass is 35.5. The number of ether oxygens (including phenoxy) is 2. The minimum absolute atomic E-state index is 0. The van der Waals surface area contributed by atoms with Gasteiger partial charge in [-0.3, -0.25) is 0 Å². The molecule has 1 aliphatic rings. The number of rotatable bonds is 9. The van der Waals surface area contributed by atoms with E-state index in [0.717, 1.165) is 50.6 Å². The Balaban J connectivity index is 0.00000306. The molecule has 0 N–H and O–H groups in total. The summed E-state index contributed by atoms with van der Waals surface area (Å²) in [5.41, 5.74) is 5.58. The Morgan fingerprint density at radius 3 is 2.21 bits per heavy atom. The average molecular weight is 466 g/mol. The number of hydrogen-bond donors (Lipinski definition) is 0. The van der Waals surface area contributed by atoms with Gasteiger partial charge in [0.1, 0.15) is 18.1 Å². The Kier molecular flexibility index (Phi) is 9.22. The fraction of sp³-hybridized carbons (Fsp3) is 0.379. The normalized spacial score (nSPS) is 17.2. The lowest BCUT2D eigenvalue weighted by Crippen LogP contribution is -2.27. The summed E-state index contributed by atoms with van der Waals surface area (Å²) in [6, 6.07) is 26.3. The summed E-state index contributed by atoms with van der Waals surface area (Å²) in [5, 5.41) is 0. The first-order chi connectivity index (χ1) is 15.7. The maximum Gasteiger partial charge on any atom is 0.119 e. The SMILES string of the molecule is CCN(CC)CCOc1ccc([C@H]2c3ccc(OC)cc3CC[C@@H]2c2ccccc2)cc1.Cl. The van der Waals surface area contributed by atoms with Gasteiger partial charge in [-0.25, -0.2) is 0 Å². The number of nitrogens with zero attached hydrogens (tertiary/aromatic N) is 1. The number of likely N-dealkylation sites (N-methyl/N-ethyl adjacent to an activating group) is 1. The molecule has 0 saturated heterocycles. The van der Waals surface area contributed by atoms with Crippen LogP contribution in [0, 0.1) is 0 Å². The van der Waals surface area contributed by atoms with Crippen LogP contribution in [0.1, 0.15) is 54.4 Å². The summed E-state index contributed by atoms with van der Waals surface area (Å²) in [4.78, 5) is 2.38. The highest BCUT2D eigenvalue weighted by Gasteiger charge is 2.32. The van der Waals surface area contributed by atoms with Gasteiger partial charge in [-0.2, -0.15) is 0 Å². The van der Waals surface area contributed by atoms with Crippen molar-refractivity contribution in [2.75, 3.05) is 33.4 Å². The maximum absolute atomic E-state index is 6.04. The standard InChI is InChI=1S/C29H35NO2.ClH/c1-4-30(5-2)19-20-32-25-14-11-23(12-15-25)29-27(22-9-7-6-8-10-22)17-13-24-21-26(31-3)16-18-28(24)29;/h6-12,14-16,18,21,27,29H,4-5,13,17,19-20H2,1-3H3;1H/t27-,29-;/m1./s1. The minimum Gasteiger partial charge on any atom is -0.497 e. The molecule has 0 unspecified atom stereocenters. The zero-order valence-electron chi connectivity index (χ0n) is 20.0. The zero-order chi connectivity index (χ0) is 22.3. The van der Waals surface area contributed by atoms with Crippen LogP contribution in [0.4, 0.5) is 0 Å². The molecule has 176 valence electrons. The van der Waals surface area contributed by atoms with E-state index < -0.39 is 0 Å². The van der Waals surface area contributed by atoms with E-state index in [4.69, 9.17) is 9.47 Å². The van der Waals surface area contributed by atoms with Gasteiger partial charge in [0.2, 0.25) is 0 Å². The monoisotopic (exact) mass is 465 g/mol. The fourth-order valence-electron chi connectivity index (χ4n) is 5.00. The molecule has 0 fully saturated rings. The van der Waals surface area contributed by atoms with Gasteiger partial charge in [-0.1, -0.05) is 62.4 Å². The van der Waals surface area contributed by atoms with Gasteiger partial charge >= 0.3 is 0 Å². The van der Waals surface area contributed by atoms with Crippen molar-refractivity contribution in [2.24, 2.45) is 0 Å². The van der Waals surface area contributed by atoms with Crippen LogP contribution >= 0.6 is 12.4 Å². The third-order valence-electron chi connectivity index (χ3n) is 6.85. The molecular weight excluding hydrogens is 430 g/mol. The van der Waals surface area contributed by atoms with E-state index in [9.17, 15) is 0 Å². The van der Waals surface area contributed by atoms with E-state index in [0.29, 0.717) is 11.8 Å². The van der Waals surface area contributed by atoms with Crippen LogP contribution in [-0.2, 0) is 6.42 Å². The van der Waals surface area contributed by atoms with Gasteiger partial charge in [0, 0.05) is 12.5 Å². The van der Waals surface area contributed by atoms with Gasteiger partial charge in [0.15, 0.2) is 0 Å². The number of benzene rings is 3. The minimum atomic E-state index is 0. The van der Waals surface area contributed by atoms with Crippen LogP contribution < -0.4 is 9.47 Å². The lowest BCUT2D eigenvalue weighted by molar-refractivity contribution is 0.223. The average Bonchev–Trinajstić information content (AvgIpc) is 2.86. The quantitative estimate of drug-likeness (QED) is 0.351. The molecule has 1 aliphatic carbocycles. The largest absolute Gasteiger partial charge is 0.497 e. The van der Waals surface area contributed by atoms with Gasteiger partial charge in [-0.15, -0.1) is 12.4 Å². The second-order valence-corrected chi connectivity index (χ2v) is 8.54. The summed E-state index contributed by atoms with van der Waals surface area (Å²) < 4.78 is 11.5. The van der Waals surface area contributed by atoms with E-state index in [1.165, 1.54) is 22.3 Å². The Morgan fingerprint density at radius 2 is 1.55 bits per heavy atom. The highest BCUT2D eigenvalue weighted by molar-refractivity contribution is 5.85.